The Morgan fingerprint density at radius 1 is 1.00 bits per heavy atom. The van der Waals surface area contributed by atoms with Gasteiger partial charge in [-0.15, -0.1) is 0 Å². The number of allylic oxidation sites excluding steroid dienone is 3. The van der Waals surface area contributed by atoms with Gasteiger partial charge < -0.3 is 5.73 Å². The molecule has 0 bridgehead atoms. The summed E-state index contributed by atoms with van der Waals surface area (Å²) in [6.45, 7) is 2.07. The van der Waals surface area contributed by atoms with Crippen LogP contribution in [0.2, 0.25) is 0 Å². The molecule has 0 aromatic heterocycles. The average molecular weight is 153 g/mol. The highest BCUT2D eigenvalue weighted by Crippen LogP contribution is 2.03. The Bertz CT molecular complexity index is 100. The minimum absolute atomic E-state index is 1.13. The summed E-state index contributed by atoms with van der Waals surface area (Å²) in [6, 6.07) is 0. The third kappa shape index (κ3) is 9.28. The number of nitrogens with two attached hydrogens (primary N) is 1. The summed E-state index contributed by atoms with van der Waals surface area (Å²) in [7, 11) is 0. The average Bonchev–Trinajstić information content (AvgIpc) is 2.03. The van der Waals surface area contributed by atoms with Crippen LogP contribution in [-0.4, -0.2) is 0 Å². The van der Waals surface area contributed by atoms with Crippen LogP contribution < -0.4 is 5.73 Å². The van der Waals surface area contributed by atoms with Crippen LogP contribution in [0.3, 0.4) is 0 Å². The fourth-order valence-electron chi connectivity index (χ4n) is 0.964. The van der Waals surface area contributed by atoms with Crippen LogP contribution in [0.1, 0.15) is 39.0 Å². The fraction of sp³-hybridized carbons (Fsp3) is 0.600. The molecule has 1 heteroatoms. The maximum atomic E-state index is 5.20. The van der Waals surface area contributed by atoms with E-state index in [4.69, 9.17) is 5.73 Å². The lowest BCUT2D eigenvalue weighted by atomic mass is 10.1. The molecule has 0 aromatic carbocycles. The lowest BCUT2D eigenvalue weighted by Crippen LogP contribution is -1.78. The highest BCUT2D eigenvalue weighted by molar-refractivity contribution is 4.77. The van der Waals surface area contributed by atoms with Crippen molar-refractivity contribution in [1.29, 1.82) is 0 Å². The van der Waals surface area contributed by atoms with Gasteiger partial charge >= 0.3 is 0 Å². The molecule has 0 heterocycles. The second-order valence-corrected chi connectivity index (χ2v) is 2.64. The Labute approximate surface area is 70.0 Å². The highest BCUT2D eigenvalue weighted by atomic mass is 14.5. The van der Waals surface area contributed by atoms with Gasteiger partial charge in [-0.2, -0.15) is 0 Å². The molecule has 0 fully saturated rings. The molecule has 0 aromatic rings. The van der Waals surface area contributed by atoms with Crippen LogP contribution in [0, 0.1) is 0 Å². The molecule has 0 aliphatic rings. The number of rotatable bonds is 6. The van der Waals surface area contributed by atoms with Crippen molar-refractivity contribution in [2.24, 2.45) is 5.73 Å². The highest BCUT2D eigenvalue weighted by Gasteiger charge is 1.84. The molecule has 0 radical (unpaired) electrons. The van der Waals surface area contributed by atoms with Gasteiger partial charge in [0.2, 0.25) is 0 Å². The van der Waals surface area contributed by atoms with Gasteiger partial charge in [-0.25, -0.2) is 0 Å². The molecule has 0 rings (SSSR count). The molecule has 0 aliphatic heterocycles. The lowest BCUT2D eigenvalue weighted by molar-refractivity contribution is 0.695. The van der Waals surface area contributed by atoms with Crippen molar-refractivity contribution >= 4 is 0 Å². The first-order valence-corrected chi connectivity index (χ1v) is 4.39. The summed E-state index contributed by atoms with van der Waals surface area (Å²) in [6.07, 6.45) is 14.2. The Balaban J connectivity index is 2.90. The summed E-state index contributed by atoms with van der Waals surface area (Å²) < 4.78 is 0. The standard InChI is InChI=1S/C10H19N/c1-2-3-4-5-6-7-8-9-10-11/h2-3,9-10H,4-8,11H2,1H3. The normalized spacial score (nSPS) is 11.7. The van der Waals surface area contributed by atoms with E-state index < -0.39 is 0 Å². The van der Waals surface area contributed by atoms with Crippen molar-refractivity contribution < 1.29 is 0 Å². The quantitative estimate of drug-likeness (QED) is 0.460. The van der Waals surface area contributed by atoms with Gasteiger partial charge in [0.1, 0.15) is 0 Å². The van der Waals surface area contributed by atoms with Gasteiger partial charge in [-0.05, 0) is 38.8 Å². The summed E-state index contributed by atoms with van der Waals surface area (Å²) in [4.78, 5) is 0. The molecular weight excluding hydrogens is 134 g/mol. The van der Waals surface area contributed by atoms with E-state index in [1.165, 1.54) is 25.7 Å². The van der Waals surface area contributed by atoms with Crippen LogP contribution in [0.5, 0.6) is 0 Å². The third-order valence-corrected chi connectivity index (χ3v) is 1.61. The number of hydrogen-bond donors (Lipinski definition) is 1. The van der Waals surface area contributed by atoms with E-state index in [9.17, 15) is 0 Å². The van der Waals surface area contributed by atoms with Gasteiger partial charge in [0.15, 0.2) is 0 Å². The van der Waals surface area contributed by atoms with Crippen LogP contribution in [0.4, 0.5) is 0 Å². The smallest absolute Gasteiger partial charge is 0.0103 e. The Morgan fingerprint density at radius 2 is 1.64 bits per heavy atom. The molecule has 0 unspecified atom stereocenters. The molecule has 0 spiro atoms. The zero-order valence-electron chi connectivity index (χ0n) is 7.42. The monoisotopic (exact) mass is 153 g/mol. The van der Waals surface area contributed by atoms with Gasteiger partial charge in [0.25, 0.3) is 0 Å². The van der Waals surface area contributed by atoms with E-state index in [-0.39, 0.29) is 0 Å². The van der Waals surface area contributed by atoms with Crippen LogP contribution in [0.25, 0.3) is 0 Å². The van der Waals surface area contributed by atoms with Gasteiger partial charge in [-0.3, -0.25) is 0 Å². The van der Waals surface area contributed by atoms with E-state index in [2.05, 4.69) is 19.1 Å². The number of unbranched alkanes of at least 4 members (excludes halogenated alkanes) is 4. The molecule has 0 aliphatic carbocycles. The Morgan fingerprint density at radius 3 is 2.18 bits per heavy atom. The second kappa shape index (κ2) is 9.28. The molecule has 0 amide bonds. The van der Waals surface area contributed by atoms with Crippen molar-refractivity contribution in [3.8, 4) is 0 Å². The van der Waals surface area contributed by atoms with E-state index >= 15 is 0 Å². The second-order valence-electron chi connectivity index (χ2n) is 2.64. The summed E-state index contributed by atoms with van der Waals surface area (Å²) in [5.74, 6) is 0. The first kappa shape index (κ1) is 10.3. The topological polar surface area (TPSA) is 26.0 Å². The van der Waals surface area contributed by atoms with Crippen molar-refractivity contribution in [2.75, 3.05) is 0 Å². The van der Waals surface area contributed by atoms with Crippen LogP contribution in [-0.2, 0) is 0 Å². The van der Waals surface area contributed by atoms with Crippen LogP contribution >= 0.6 is 0 Å². The van der Waals surface area contributed by atoms with E-state index in [1.54, 1.807) is 6.20 Å². The van der Waals surface area contributed by atoms with E-state index in [0.717, 1.165) is 6.42 Å². The number of hydrogen-bond acceptors (Lipinski definition) is 1. The Hall–Kier alpha value is -0.720. The zero-order chi connectivity index (χ0) is 8.36. The van der Waals surface area contributed by atoms with Crippen molar-refractivity contribution in [2.45, 2.75) is 39.0 Å². The van der Waals surface area contributed by atoms with E-state index in [0.29, 0.717) is 0 Å². The fourth-order valence-corrected chi connectivity index (χ4v) is 0.964. The summed E-state index contributed by atoms with van der Waals surface area (Å²) in [5.41, 5.74) is 5.20. The summed E-state index contributed by atoms with van der Waals surface area (Å²) >= 11 is 0. The van der Waals surface area contributed by atoms with Gasteiger partial charge in [-0.1, -0.05) is 24.6 Å². The largest absolute Gasteiger partial charge is 0.405 e. The van der Waals surface area contributed by atoms with Crippen molar-refractivity contribution in [3.63, 3.8) is 0 Å². The SMILES string of the molecule is CC=CCCCCCC=CN. The van der Waals surface area contributed by atoms with E-state index in [1.807, 2.05) is 6.08 Å². The van der Waals surface area contributed by atoms with Gasteiger partial charge in [0.05, 0.1) is 0 Å². The maximum Gasteiger partial charge on any atom is -0.0103 e. The first-order valence-electron chi connectivity index (χ1n) is 4.39. The molecular formula is C10H19N. The zero-order valence-corrected chi connectivity index (χ0v) is 7.42. The molecule has 0 saturated heterocycles. The van der Waals surface area contributed by atoms with Crippen molar-refractivity contribution in [3.05, 3.63) is 24.4 Å². The Kier molecular flexibility index (Phi) is 8.67. The predicted octanol–water partition coefficient (Wildman–Crippen LogP) is 2.99. The maximum absolute atomic E-state index is 5.20. The van der Waals surface area contributed by atoms with Crippen LogP contribution in [0.15, 0.2) is 24.4 Å². The van der Waals surface area contributed by atoms with Crippen molar-refractivity contribution in [1.82, 2.24) is 0 Å². The molecule has 2 N–H and O–H groups in total. The molecule has 0 atom stereocenters. The molecule has 0 saturated carbocycles. The first-order chi connectivity index (χ1) is 5.41. The third-order valence-electron chi connectivity index (χ3n) is 1.61. The minimum atomic E-state index is 1.13. The summed E-state index contributed by atoms with van der Waals surface area (Å²) in [5, 5.41) is 0. The minimum Gasteiger partial charge on any atom is -0.405 e. The molecule has 64 valence electrons. The molecule has 1 nitrogen and oxygen atoms in total. The lowest BCUT2D eigenvalue weighted by Gasteiger charge is -1.93. The van der Waals surface area contributed by atoms with Gasteiger partial charge in [0, 0.05) is 0 Å². The molecule has 11 heavy (non-hydrogen) atoms. The predicted molar refractivity (Wildman–Crippen MR) is 51.2 cm³/mol.